The molecule has 1 aromatic carbocycles. The minimum absolute atomic E-state index is 0. The van der Waals surface area contributed by atoms with Crippen LogP contribution >= 0.6 is 11.8 Å². The van der Waals surface area contributed by atoms with Gasteiger partial charge in [0.05, 0.1) is 18.1 Å². The number of hydrogen-bond donors (Lipinski definition) is 1. The molecule has 152 valence electrons. The maximum Gasteiger partial charge on any atom is 1.00 e. The van der Waals surface area contributed by atoms with E-state index < -0.39 is 11.2 Å². The van der Waals surface area contributed by atoms with E-state index >= 15 is 0 Å². The number of carboxylic acid groups (broad SMARTS) is 1. The third-order valence-corrected chi connectivity index (χ3v) is 5.18. The van der Waals surface area contributed by atoms with E-state index in [9.17, 15) is 4.79 Å². The van der Waals surface area contributed by atoms with E-state index in [0.717, 1.165) is 29.9 Å². The van der Waals surface area contributed by atoms with Crippen LogP contribution in [0.25, 0.3) is 11.5 Å². The summed E-state index contributed by atoms with van der Waals surface area (Å²) < 4.78 is 11.3. The zero-order valence-corrected chi connectivity index (χ0v) is 20.5. The molecule has 0 radical (unpaired) electrons. The van der Waals surface area contributed by atoms with Crippen LogP contribution in [-0.4, -0.2) is 40.3 Å². The molecule has 29 heavy (non-hydrogen) atoms. The Hall–Kier alpha value is -1.23. The Morgan fingerprint density at radius 1 is 1.31 bits per heavy atom. The van der Waals surface area contributed by atoms with Gasteiger partial charge in [-0.15, -0.1) is 11.8 Å². The number of carbonyl (C=O) groups is 1. The van der Waals surface area contributed by atoms with Crippen molar-refractivity contribution in [1.29, 1.82) is 0 Å². The molecule has 0 aliphatic carbocycles. The van der Waals surface area contributed by atoms with Gasteiger partial charge in [-0.1, -0.05) is 37.3 Å². The quantitative estimate of drug-likeness (QED) is 0.353. The van der Waals surface area contributed by atoms with Crippen LogP contribution in [0.5, 0.6) is 0 Å². The summed E-state index contributed by atoms with van der Waals surface area (Å²) >= 11 is 1.30. The van der Waals surface area contributed by atoms with Crippen LogP contribution in [0.2, 0.25) is 0 Å². The molecular formula is C22H28NNaO4S. The van der Waals surface area contributed by atoms with Gasteiger partial charge in [0, 0.05) is 12.0 Å². The number of rotatable bonds is 10. The van der Waals surface area contributed by atoms with Gasteiger partial charge in [0.1, 0.15) is 17.6 Å². The smallest absolute Gasteiger partial charge is 1.00 e. The molecule has 0 aliphatic rings. The molecule has 1 atom stereocenters. The fraction of sp³-hybridized carbons (Fsp3) is 0.455. The van der Waals surface area contributed by atoms with Crippen molar-refractivity contribution in [2.75, 3.05) is 19.0 Å². The number of aryl methyl sites for hydroxylation is 2. The summed E-state index contributed by atoms with van der Waals surface area (Å²) in [6.07, 6.45) is 2.87. The Bertz CT molecular complexity index is 830. The summed E-state index contributed by atoms with van der Waals surface area (Å²) in [6, 6.07) is 8.34. The van der Waals surface area contributed by atoms with Gasteiger partial charge in [-0.2, -0.15) is 0 Å². The molecule has 0 spiro atoms. The predicted octanol–water partition coefficient (Wildman–Crippen LogP) is 1.49. The molecule has 0 saturated carbocycles. The predicted molar refractivity (Wildman–Crippen MR) is 114 cm³/mol. The molecule has 0 bridgehead atoms. The standard InChI is InChI=1S/C22H27NO4S.Na.H/c1-4-7-18-8-10-19(11-9-18)21-23-20(16(2)27-21)12-14-26-13-5-6-15-28-17(3)22(24)25;;/h8-11,17H,4,7,12-15H2,1-3H3,(H,24,25);;/q;+1;-1. The van der Waals surface area contributed by atoms with E-state index in [2.05, 4.69) is 48.0 Å². The van der Waals surface area contributed by atoms with Crippen molar-refractivity contribution in [3.63, 3.8) is 0 Å². The van der Waals surface area contributed by atoms with Gasteiger partial charge in [0.2, 0.25) is 5.89 Å². The zero-order valence-electron chi connectivity index (χ0n) is 18.7. The fourth-order valence-electron chi connectivity index (χ4n) is 2.52. The third-order valence-electron chi connectivity index (χ3n) is 4.17. The largest absolute Gasteiger partial charge is 1.00 e. The van der Waals surface area contributed by atoms with E-state index in [1.165, 1.54) is 17.3 Å². The average molecular weight is 426 g/mol. The normalized spacial score (nSPS) is 11.3. The number of nitrogens with zero attached hydrogens (tertiary/aromatic N) is 1. The minimum Gasteiger partial charge on any atom is -1.00 e. The molecule has 1 aromatic heterocycles. The van der Waals surface area contributed by atoms with E-state index in [4.69, 9.17) is 14.3 Å². The molecule has 0 amide bonds. The Kier molecular flexibility index (Phi) is 12.4. The molecule has 0 saturated heterocycles. The third kappa shape index (κ3) is 8.98. The summed E-state index contributed by atoms with van der Waals surface area (Å²) in [5, 5.41) is 8.34. The van der Waals surface area contributed by atoms with Gasteiger partial charge in [-0.25, -0.2) is 4.98 Å². The van der Waals surface area contributed by atoms with E-state index in [1.54, 1.807) is 6.92 Å². The van der Waals surface area contributed by atoms with E-state index in [0.29, 0.717) is 31.3 Å². The van der Waals surface area contributed by atoms with Crippen molar-refractivity contribution >= 4 is 17.7 Å². The van der Waals surface area contributed by atoms with Gasteiger partial charge in [0.25, 0.3) is 0 Å². The van der Waals surface area contributed by atoms with Crippen molar-refractivity contribution in [1.82, 2.24) is 4.98 Å². The molecule has 5 nitrogen and oxygen atoms in total. The number of thioether (sulfide) groups is 1. The Balaban J connectivity index is 0.00000420. The first kappa shape index (κ1) is 25.8. The van der Waals surface area contributed by atoms with E-state index in [-0.39, 0.29) is 31.0 Å². The van der Waals surface area contributed by atoms with Crippen LogP contribution in [0.3, 0.4) is 0 Å². The average Bonchev–Trinajstić information content (AvgIpc) is 3.05. The molecule has 1 N–H and O–H groups in total. The Morgan fingerprint density at radius 3 is 2.69 bits per heavy atom. The second-order valence-corrected chi connectivity index (χ2v) is 7.75. The van der Waals surface area contributed by atoms with Crippen molar-refractivity contribution in [3.8, 4) is 23.3 Å². The van der Waals surface area contributed by atoms with Crippen molar-refractivity contribution in [2.45, 2.75) is 45.3 Å². The number of aromatic nitrogens is 1. The van der Waals surface area contributed by atoms with Crippen LogP contribution in [0.15, 0.2) is 28.7 Å². The number of hydrogen-bond acceptors (Lipinski definition) is 5. The number of carboxylic acids is 1. The van der Waals surface area contributed by atoms with Crippen LogP contribution in [0, 0.1) is 18.8 Å². The Morgan fingerprint density at radius 2 is 2.03 bits per heavy atom. The second kappa shape index (κ2) is 13.9. The molecule has 0 aliphatic heterocycles. The summed E-state index contributed by atoms with van der Waals surface area (Å²) in [5.74, 6) is 6.92. The summed E-state index contributed by atoms with van der Waals surface area (Å²) in [6.45, 7) is 6.57. The summed E-state index contributed by atoms with van der Waals surface area (Å²) in [5.41, 5.74) is 3.19. The van der Waals surface area contributed by atoms with E-state index in [1.807, 2.05) is 6.92 Å². The monoisotopic (exact) mass is 425 g/mol. The summed E-state index contributed by atoms with van der Waals surface area (Å²) in [4.78, 5) is 15.3. The summed E-state index contributed by atoms with van der Waals surface area (Å²) in [7, 11) is 0. The molecule has 1 unspecified atom stereocenters. The number of benzene rings is 1. The molecule has 1 heterocycles. The first-order valence-electron chi connectivity index (χ1n) is 9.44. The van der Waals surface area contributed by atoms with Crippen LogP contribution in [0.4, 0.5) is 0 Å². The van der Waals surface area contributed by atoms with Crippen LogP contribution in [0.1, 0.15) is 38.7 Å². The number of ether oxygens (including phenoxy) is 1. The maximum atomic E-state index is 10.7. The molecule has 0 fully saturated rings. The molecule has 7 heteroatoms. The van der Waals surface area contributed by atoms with Crippen molar-refractivity contribution < 1.29 is 50.0 Å². The topological polar surface area (TPSA) is 72.6 Å². The SMILES string of the molecule is CCCc1ccc(-c2nc(CCOCC#CCSC(C)C(=O)O)c(C)o2)cc1.[H-].[Na+]. The second-order valence-electron chi connectivity index (χ2n) is 6.42. The number of oxazole rings is 1. The van der Waals surface area contributed by atoms with Crippen LogP contribution in [-0.2, 0) is 22.4 Å². The minimum atomic E-state index is -0.817. The molecular weight excluding hydrogens is 397 g/mol. The Labute approximate surface area is 200 Å². The van der Waals surface area contributed by atoms with Gasteiger partial charge in [0.15, 0.2) is 0 Å². The number of aliphatic carboxylic acids is 1. The van der Waals surface area contributed by atoms with Crippen molar-refractivity contribution in [2.24, 2.45) is 0 Å². The maximum absolute atomic E-state index is 10.7. The van der Waals surface area contributed by atoms with Gasteiger partial charge >= 0.3 is 35.5 Å². The first-order chi connectivity index (χ1) is 13.5. The van der Waals surface area contributed by atoms with Gasteiger partial charge in [-0.05, 0) is 38.0 Å². The molecule has 2 aromatic rings. The zero-order chi connectivity index (χ0) is 20.4. The van der Waals surface area contributed by atoms with Crippen LogP contribution < -0.4 is 29.6 Å². The molecule has 2 rings (SSSR count). The van der Waals surface area contributed by atoms with Gasteiger partial charge in [-0.3, -0.25) is 4.79 Å². The first-order valence-corrected chi connectivity index (χ1v) is 10.5. The van der Waals surface area contributed by atoms with Gasteiger partial charge < -0.3 is 15.7 Å². The fourth-order valence-corrected chi connectivity index (χ4v) is 3.10. The van der Waals surface area contributed by atoms with Crippen molar-refractivity contribution in [3.05, 3.63) is 41.3 Å².